The lowest BCUT2D eigenvalue weighted by atomic mass is 9.87. The molecule has 0 saturated heterocycles. The highest BCUT2D eigenvalue weighted by Crippen LogP contribution is 2.31. The van der Waals surface area contributed by atoms with Crippen molar-refractivity contribution < 1.29 is 0 Å². The fraction of sp³-hybridized carbons (Fsp3) is 0.309. The number of hydrogen-bond acceptors (Lipinski definition) is 6. The average molecular weight is 807 g/mol. The molecule has 6 heteroatoms. The summed E-state index contributed by atoms with van der Waals surface area (Å²) < 4.78 is 0. The molecule has 0 atom stereocenters. The molecular formula is C55H62N6. The summed E-state index contributed by atoms with van der Waals surface area (Å²) >= 11 is 0. The summed E-state index contributed by atoms with van der Waals surface area (Å²) in [6, 6.07) is 38.1. The van der Waals surface area contributed by atoms with E-state index in [9.17, 15) is 0 Å². The molecule has 6 aromatic rings. The summed E-state index contributed by atoms with van der Waals surface area (Å²) in [6.45, 7) is 30.0. The van der Waals surface area contributed by atoms with Crippen LogP contribution in [0.25, 0.3) is 0 Å². The van der Waals surface area contributed by atoms with Crippen LogP contribution in [0.3, 0.4) is 0 Å². The van der Waals surface area contributed by atoms with Crippen LogP contribution in [0.4, 0.5) is 22.7 Å². The summed E-state index contributed by atoms with van der Waals surface area (Å²) in [5.41, 5.74) is 20.5. The minimum absolute atomic E-state index is 0.104. The van der Waals surface area contributed by atoms with Crippen molar-refractivity contribution in [2.24, 2.45) is 20.0 Å². The Morgan fingerprint density at radius 1 is 0.410 bits per heavy atom. The van der Waals surface area contributed by atoms with Gasteiger partial charge in [-0.1, -0.05) is 102 Å². The summed E-state index contributed by atoms with van der Waals surface area (Å²) in [4.78, 5) is 29.9. The van der Waals surface area contributed by atoms with Gasteiger partial charge in [-0.3, -0.25) is 20.0 Å². The molecule has 0 aliphatic heterocycles. The van der Waals surface area contributed by atoms with Gasteiger partial charge in [0.05, 0.1) is 68.4 Å². The summed E-state index contributed by atoms with van der Waals surface area (Å²) in [7, 11) is 0. The van der Waals surface area contributed by atoms with Crippen molar-refractivity contribution in [3.05, 3.63) is 176 Å². The fourth-order valence-corrected chi connectivity index (χ4v) is 7.58. The molecule has 312 valence electrons. The molecule has 0 radical (unpaired) electrons. The van der Waals surface area contributed by atoms with Gasteiger partial charge in [0.2, 0.25) is 0 Å². The Balaban J connectivity index is 1.16. The SMILES string of the molecule is C/C(=N\c1ccc(C(C)(C)C)cc1)c1cccc(/C(C)=N/c2c(C)cc(Cc3cc(C)c(/N=C(\C)c4cccc(/C(C)=N/c5ccc(C(C)(C)C)cc5)n4)c(C)c3)cc2C)n1. The predicted molar refractivity (Wildman–Crippen MR) is 261 cm³/mol. The first kappa shape index (κ1) is 44.4. The third-order valence-corrected chi connectivity index (χ3v) is 11.1. The maximum Gasteiger partial charge on any atom is 0.0849 e. The number of rotatable bonds is 10. The van der Waals surface area contributed by atoms with E-state index in [1.165, 1.54) is 22.3 Å². The molecule has 6 nitrogen and oxygen atoms in total. The fourth-order valence-electron chi connectivity index (χ4n) is 7.58. The topological polar surface area (TPSA) is 75.2 Å². The molecule has 0 amide bonds. The minimum atomic E-state index is 0.104. The lowest BCUT2D eigenvalue weighted by molar-refractivity contribution is 0.590. The molecule has 0 saturated carbocycles. The number of aryl methyl sites for hydroxylation is 4. The van der Waals surface area contributed by atoms with E-state index >= 15 is 0 Å². The quantitative estimate of drug-likeness (QED) is 0.129. The van der Waals surface area contributed by atoms with Crippen LogP contribution in [0.2, 0.25) is 0 Å². The Labute approximate surface area is 364 Å². The molecule has 0 aliphatic rings. The van der Waals surface area contributed by atoms with E-state index in [1.54, 1.807) is 0 Å². The second kappa shape index (κ2) is 18.2. The zero-order chi connectivity index (χ0) is 44.2. The largest absolute Gasteiger partial charge is 0.252 e. The maximum absolute atomic E-state index is 5.12. The average Bonchev–Trinajstić information content (AvgIpc) is 3.20. The second-order valence-corrected chi connectivity index (χ2v) is 18.5. The number of hydrogen-bond donors (Lipinski definition) is 0. The van der Waals surface area contributed by atoms with Crippen molar-refractivity contribution in [1.29, 1.82) is 0 Å². The Morgan fingerprint density at radius 3 is 0.967 bits per heavy atom. The number of pyridine rings is 2. The molecule has 0 fully saturated rings. The number of nitrogens with zero attached hydrogens (tertiary/aromatic N) is 6. The van der Waals surface area contributed by atoms with Crippen molar-refractivity contribution in [3.63, 3.8) is 0 Å². The maximum atomic E-state index is 5.12. The van der Waals surface area contributed by atoms with Gasteiger partial charge < -0.3 is 0 Å². The van der Waals surface area contributed by atoms with Crippen molar-refractivity contribution in [2.75, 3.05) is 0 Å². The normalized spacial score (nSPS) is 13.2. The van der Waals surface area contributed by atoms with E-state index in [4.69, 9.17) is 29.9 Å². The smallest absolute Gasteiger partial charge is 0.0849 e. The van der Waals surface area contributed by atoms with Gasteiger partial charge in [0.1, 0.15) is 0 Å². The molecule has 0 aliphatic carbocycles. The Morgan fingerprint density at radius 2 is 0.689 bits per heavy atom. The highest BCUT2D eigenvalue weighted by atomic mass is 14.8. The molecule has 2 heterocycles. The van der Waals surface area contributed by atoms with Gasteiger partial charge in [-0.05, 0) is 166 Å². The van der Waals surface area contributed by atoms with Crippen LogP contribution in [-0.4, -0.2) is 32.8 Å². The summed E-state index contributed by atoms with van der Waals surface area (Å²) in [6.07, 6.45) is 0.817. The van der Waals surface area contributed by atoms with Gasteiger partial charge in [-0.25, -0.2) is 9.97 Å². The third-order valence-electron chi connectivity index (χ3n) is 11.1. The second-order valence-electron chi connectivity index (χ2n) is 18.5. The van der Waals surface area contributed by atoms with Crippen molar-refractivity contribution >= 4 is 45.6 Å². The molecule has 0 N–H and O–H groups in total. The first-order chi connectivity index (χ1) is 28.7. The van der Waals surface area contributed by atoms with Crippen LogP contribution in [0, 0.1) is 27.7 Å². The Kier molecular flexibility index (Phi) is 13.3. The van der Waals surface area contributed by atoms with E-state index in [-0.39, 0.29) is 10.8 Å². The van der Waals surface area contributed by atoms with E-state index < -0.39 is 0 Å². The molecule has 4 aromatic carbocycles. The zero-order valence-corrected chi connectivity index (χ0v) is 38.8. The van der Waals surface area contributed by atoms with Crippen molar-refractivity contribution in [2.45, 2.75) is 114 Å². The Bertz CT molecular complexity index is 2450. The minimum Gasteiger partial charge on any atom is -0.252 e. The standard InChI is InChI=1S/C55H62N6/c1-34-29-42(30-35(2)52(34)58-40(7)50-19-15-17-48(60-50)38(5)56-46-25-21-44(22-26-46)54(9,10)11)33-43-31-36(3)53(37(4)32-43)59-41(8)51-20-16-18-49(61-51)39(6)57-47-27-23-45(24-28-47)55(12,13)14/h15-32H,33H2,1-14H3/b56-38+,57-39+,58-40+,59-41+. The van der Waals surface area contributed by atoms with Crippen LogP contribution in [0.5, 0.6) is 0 Å². The molecule has 6 rings (SSSR count). The van der Waals surface area contributed by atoms with Crippen LogP contribution in [-0.2, 0) is 17.3 Å². The molecule has 0 bridgehead atoms. The lowest BCUT2D eigenvalue weighted by Crippen LogP contribution is -2.10. The molecular weight excluding hydrogens is 745 g/mol. The third kappa shape index (κ3) is 11.2. The van der Waals surface area contributed by atoms with Gasteiger partial charge in [-0.2, -0.15) is 0 Å². The zero-order valence-electron chi connectivity index (χ0n) is 38.8. The highest BCUT2D eigenvalue weighted by molar-refractivity contribution is 6.03. The van der Waals surface area contributed by atoms with Gasteiger partial charge >= 0.3 is 0 Å². The molecule has 0 spiro atoms. The first-order valence-corrected chi connectivity index (χ1v) is 21.3. The summed E-state index contributed by atoms with van der Waals surface area (Å²) in [5.74, 6) is 0. The predicted octanol–water partition coefficient (Wildman–Crippen LogP) is 14.5. The molecule has 0 unspecified atom stereocenters. The van der Waals surface area contributed by atoms with E-state index in [0.717, 1.165) is 97.0 Å². The van der Waals surface area contributed by atoms with Gasteiger partial charge in [0.25, 0.3) is 0 Å². The van der Waals surface area contributed by atoms with Gasteiger partial charge in [0, 0.05) is 0 Å². The van der Waals surface area contributed by atoms with Crippen molar-refractivity contribution in [1.82, 2.24) is 9.97 Å². The van der Waals surface area contributed by atoms with E-state index in [0.29, 0.717) is 0 Å². The van der Waals surface area contributed by atoms with Gasteiger partial charge in [0.15, 0.2) is 0 Å². The van der Waals surface area contributed by atoms with E-state index in [1.807, 2.05) is 64.1 Å². The molecule has 61 heavy (non-hydrogen) atoms. The summed E-state index contributed by atoms with van der Waals surface area (Å²) in [5, 5.41) is 0. The van der Waals surface area contributed by atoms with Gasteiger partial charge in [-0.15, -0.1) is 0 Å². The highest BCUT2D eigenvalue weighted by Gasteiger charge is 2.15. The first-order valence-electron chi connectivity index (χ1n) is 21.3. The Hall–Kier alpha value is -6.14. The number of aromatic nitrogens is 2. The van der Waals surface area contributed by atoms with Crippen molar-refractivity contribution in [3.8, 4) is 0 Å². The van der Waals surface area contributed by atoms with Crippen LogP contribution in [0.15, 0.2) is 129 Å². The lowest BCUT2D eigenvalue weighted by Gasteiger charge is -2.18. The molecule has 2 aromatic heterocycles. The van der Waals surface area contributed by atoms with Crippen LogP contribution < -0.4 is 0 Å². The van der Waals surface area contributed by atoms with E-state index in [2.05, 4.69) is 142 Å². The number of benzene rings is 4. The number of aliphatic imine (C=N–C) groups is 4. The van der Waals surface area contributed by atoms with Crippen LogP contribution in [0.1, 0.15) is 137 Å². The monoisotopic (exact) mass is 807 g/mol. The van der Waals surface area contributed by atoms with Crippen LogP contribution >= 0.6 is 0 Å².